The minimum atomic E-state index is -1.07. The third kappa shape index (κ3) is 2.90. The molecule has 3 heterocycles. The Labute approximate surface area is 230 Å². The van der Waals surface area contributed by atoms with Crippen molar-refractivity contribution in [2.45, 2.75) is 91.0 Å². The molecule has 3 unspecified atom stereocenters. The zero-order valence-electron chi connectivity index (χ0n) is 24.4. The van der Waals surface area contributed by atoms with Gasteiger partial charge in [0.15, 0.2) is 5.78 Å². The molecule has 7 heteroatoms. The molecule has 0 radical (unpaired) electrons. The Hall–Kier alpha value is -2.67. The van der Waals surface area contributed by atoms with Crippen molar-refractivity contribution in [2.75, 3.05) is 7.11 Å². The lowest BCUT2D eigenvalue weighted by atomic mass is 9.38. The number of hydrogen-bond acceptors (Lipinski definition) is 7. The van der Waals surface area contributed by atoms with E-state index in [-0.39, 0.29) is 41.9 Å². The number of esters is 2. The molecule has 0 bridgehead atoms. The molecule has 3 fully saturated rings. The molecule has 0 aromatic carbocycles. The Morgan fingerprint density at radius 2 is 1.79 bits per heavy atom. The van der Waals surface area contributed by atoms with E-state index in [0.29, 0.717) is 0 Å². The molecule has 6 rings (SSSR count). The van der Waals surface area contributed by atoms with Crippen LogP contribution in [0.3, 0.4) is 0 Å². The summed E-state index contributed by atoms with van der Waals surface area (Å²) in [5.41, 5.74) is -2.35. The van der Waals surface area contributed by atoms with Gasteiger partial charge in [0, 0.05) is 46.5 Å². The highest BCUT2D eigenvalue weighted by atomic mass is 16.6. The van der Waals surface area contributed by atoms with Gasteiger partial charge in [-0.05, 0) is 45.8 Å². The lowest BCUT2D eigenvalue weighted by Gasteiger charge is -2.63. The van der Waals surface area contributed by atoms with Crippen molar-refractivity contribution >= 4 is 17.7 Å². The Kier molecular flexibility index (Phi) is 5.27. The Morgan fingerprint density at radius 3 is 2.41 bits per heavy atom. The summed E-state index contributed by atoms with van der Waals surface area (Å²) in [4.78, 5) is 40.6. The zero-order valence-corrected chi connectivity index (χ0v) is 24.4. The van der Waals surface area contributed by atoms with Crippen molar-refractivity contribution in [2.24, 2.45) is 34.0 Å². The fourth-order valence-corrected chi connectivity index (χ4v) is 10.3. The first-order chi connectivity index (χ1) is 18.1. The summed E-state index contributed by atoms with van der Waals surface area (Å²) in [5.74, 6) is -0.823. The largest absolute Gasteiger partial charge is 0.469 e. The molecule has 10 atom stereocenters. The molecule has 3 aliphatic carbocycles. The maximum atomic E-state index is 14.0. The number of methoxy groups -OCH3 is 1. The number of allylic oxidation sites excluding steroid dienone is 1. The topological polar surface area (TPSA) is 92.0 Å². The minimum Gasteiger partial charge on any atom is -0.469 e. The molecule has 210 valence electrons. The summed E-state index contributed by atoms with van der Waals surface area (Å²) in [6.45, 7) is 16.3. The van der Waals surface area contributed by atoms with Gasteiger partial charge in [0.05, 0.1) is 24.4 Å². The fourth-order valence-electron chi connectivity index (χ4n) is 10.3. The first-order valence-corrected chi connectivity index (χ1v) is 14.1. The maximum absolute atomic E-state index is 14.0. The van der Waals surface area contributed by atoms with Crippen molar-refractivity contribution in [3.05, 3.63) is 47.5 Å². The second kappa shape index (κ2) is 7.74. The Balaban J connectivity index is 1.58. The fraction of sp³-hybridized carbons (Fsp3) is 0.656. The highest BCUT2D eigenvalue weighted by molar-refractivity contribution is 6.00. The minimum absolute atomic E-state index is 0.0491. The third-order valence-electron chi connectivity index (χ3n) is 11.4. The van der Waals surface area contributed by atoms with Crippen LogP contribution in [0.15, 0.2) is 40.5 Å². The number of rotatable bonds is 4. The van der Waals surface area contributed by atoms with Crippen molar-refractivity contribution in [1.29, 1.82) is 0 Å². The molecule has 7 nitrogen and oxygen atoms in total. The van der Waals surface area contributed by atoms with Gasteiger partial charge in [-0.2, -0.15) is 0 Å². The SMILES string of the molecule is COC(=O)C[C@H]1[C@]2(C)C3C(C)=CC(c4coc(C(C)C)c4)[C@@]3(C)O[C@@H]2[C@]2(C)OC(=O)[C@]3(C)C=CC(=O)[C@@]1(C)C32. The average Bonchev–Trinajstić information content (AvgIpc) is 3.56. The van der Waals surface area contributed by atoms with Crippen LogP contribution in [0.2, 0.25) is 0 Å². The second-order valence-electron chi connectivity index (χ2n) is 13.9. The van der Waals surface area contributed by atoms with Crippen molar-refractivity contribution in [3.8, 4) is 0 Å². The van der Waals surface area contributed by atoms with E-state index in [1.165, 1.54) is 13.2 Å². The summed E-state index contributed by atoms with van der Waals surface area (Å²) < 4.78 is 24.7. The molecular weight excluding hydrogens is 496 g/mol. The van der Waals surface area contributed by atoms with E-state index in [4.69, 9.17) is 18.6 Å². The van der Waals surface area contributed by atoms with Crippen LogP contribution in [0.4, 0.5) is 0 Å². The predicted molar refractivity (Wildman–Crippen MR) is 143 cm³/mol. The van der Waals surface area contributed by atoms with Gasteiger partial charge in [0.25, 0.3) is 0 Å². The number of carbonyl (C=O) groups is 3. The summed E-state index contributed by atoms with van der Waals surface area (Å²) in [6.07, 6.45) is 6.82. The number of carbonyl (C=O) groups excluding carboxylic acids is 3. The number of furan rings is 1. The van der Waals surface area contributed by atoms with Crippen LogP contribution in [-0.4, -0.2) is 42.1 Å². The number of ether oxygens (including phenoxy) is 3. The van der Waals surface area contributed by atoms with Gasteiger partial charge < -0.3 is 18.6 Å². The van der Waals surface area contributed by atoms with Crippen molar-refractivity contribution in [1.82, 2.24) is 0 Å². The quantitative estimate of drug-likeness (QED) is 0.370. The first-order valence-electron chi connectivity index (χ1n) is 14.1. The molecule has 1 aromatic heterocycles. The number of fused-ring (bicyclic) bond motifs is 4. The summed E-state index contributed by atoms with van der Waals surface area (Å²) >= 11 is 0. The summed E-state index contributed by atoms with van der Waals surface area (Å²) in [6, 6.07) is 2.11. The molecule has 1 aromatic rings. The maximum Gasteiger partial charge on any atom is 0.316 e. The van der Waals surface area contributed by atoms with Crippen LogP contribution in [0.25, 0.3) is 0 Å². The van der Waals surface area contributed by atoms with E-state index < -0.39 is 45.4 Å². The average molecular weight is 537 g/mol. The highest BCUT2D eigenvalue weighted by Crippen LogP contribution is 2.77. The van der Waals surface area contributed by atoms with E-state index in [1.807, 2.05) is 27.0 Å². The normalized spacial score (nSPS) is 47.5. The van der Waals surface area contributed by atoms with Crippen LogP contribution >= 0.6 is 0 Å². The zero-order chi connectivity index (χ0) is 28.5. The van der Waals surface area contributed by atoms with Crippen LogP contribution in [0.1, 0.15) is 85.0 Å². The third-order valence-corrected chi connectivity index (χ3v) is 11.4. The van der Waals surface area contributed by atoms with E-state index in [0.717, 1.165) is 16.9 Å². The number of ketones is 1. The van der Waals surface area contributed by atoms with E-state index in [1.54, 1.807) is 6.08 Å². The number of hydrogen-bond donors (Lipinski definition) is 0. The van der Waals surface area contributed by atoms with Crippen molar-refractivity contribution < 1.29 is 33.0 Å². The van der Waals surface area contributed by atoms with Crippen molar-refractivity contribution in [3.63, 3.8) is 0 Å². The molecule has 0 N–H and O–H groups in total. The Bertz CT molecular complexity index is 1350. The summed E-state index contributed by atoms with van der Waals surface area (Å²) in [7, 11) is 1.38. The van der Waals surface area contributed by atoms with Gasteiger partial charge in [-0.1, -0.05) is 45.4 Å². The van der Waals surface area contributed by atoms with Gasteiger partial charge in [-0.3, -0.25) is 14.4 Å². The lowest BCUT2D eigenvalue weighted by Crippen LogP contribution is -2.71. The smallest absolute Gasteiger partial charge is 0.316 e. The van der Waals surface area contributed by atoms with Gasteiger partial charge >= 0.3 is 11.9 Å². The molecule has 0 spiro atoms. The molecule has 2 saturated heterocycles. The van der Waals surface area contributed by atoms with Crippen LogP contribution in [0.5, 0.6) is 0 Å². The van der Waals surface area contributed by atoms with Crippen LogP contribution < -0.4 is 0 Å². The molecule has 0 amide bonds. The molecule has 39 heavy (non-hydrogen) atoms. The first kappa shape index (κ1) is 26.5. The van der Waals surface area contributed by atoms with Crippen LogP contribution in [-0.2, 0) is 28.6 Å². The summed E-state index contributed by atoms with van der Waals surface area (Å²) in [5, 5.41) is 0. The van der Waals surface area contributed by atoms with Crippen LogP contribution in [0, 0.1) is 34.0 Å². The monoisotopic (exact) mass is 536 g/mol. The Morgan fingerprint density at radius 1 is 1.10 bits per heavy atom. The van der Waals surface area contributed by atoms with E-state index >= 15 is 0 Å². The van der Waals surface area contributed by atoms with Gasteiger partial charge in [0.2, 0.25) is 0 Å². The second-order valence-corrected chi connectivity index (χ2v) is 13.9. The van der Waals surface area contributed by atoms with E-state index in [9.17, 15) is 14.4 Å². The van der Waals surface area contributed by atoms with Gasteiger partial charge in [-0.25, -0.2) is 0 Å². The highest BCUT2D eigenvalue weighted by Gasteiger charge is 2.84. The van der Waals surface area contributed by atoms with Gasteiger partial charge in [0.1, 0.15) is 17.5 Å². The molecular formula is C32H40O7. The van der Waals surface area contributed by atoms with Gasteiger partial charge in [-0.15, -0.1) is 0 Å². The predicted octanol–water partition coefficient (Wildman–Crippen LogP) is 5.50. The van der Waals surface area contributed by atoms with E-state index in [2.05, 4.69) is 46.8 Å². The lowest BCUT2D eigenvalue weighted by molar-refractivity contribution is -0.235. The molecule has 1 saturated carbocycles. The standard InChI is InChI=1S/C32H40O7/c1-16(2)20-13-18(15-37-20)19-12-17(3)24-30(6)21(14-23(34)36-9)29(5)22(33)10-11-28(4)25(29)32(8,39-27(28)35)26(30)38-31(19,24)7/h10-13,15-16,19,21,24-26H,14H2,1-9H3/t19?,21-,24?,25?,26+,28-,29+,30-,31-,32-/m1/s1. The molecule has 2 aliphatic heterocycles. The molecule has 5 aliphatic rings.